The van der Waals surface area contributed by atoms with Crippen molar-refractivity contribution in [2.24, 2.45) is 0 Å². The summed E-state index contributed by atoms with van der Waals surface area (Å²) >= 11 is 6.29. The molecule has 0 saturated heterocycles. The van der Waals surface area contributed by atoms with Crippen molar-refractivity contribution in [1.29, 1.82) is 0 Å². The minimum absolute atomic E-state index is 0.0950. The van der Waals surface area contributed by atoms with Crippen LogP contribution in [0.25, 0.3) is 0 Å². The second kappa shape index (κ2) is 9.56. The minimum Gasteiger partial charge on any atom is -0.355 e. The first-order chi connectivity index (χ1) is 12.8. The molecule has 2 aromatic rings. The summed E-state index contributed by atoms with van der Waals surface area (Å²) in [7, 11) is 0. The Morgan fingerprint density at radius 3 is 2.48 bits per heavy atom. The van der Waals surface area contributed by atoms with Crippen LogP contribution in [0.5, 0.6) is 0 Å². The van der Waals surface area contributed by atoms with Crippen molar-refractivity contribution in [3.05, 3.63) is 69.7 Å². The molecule has 5 heteroatoms. The SMILES string of the molecule is CCNC(=O)[C@H](C)N(Cc1ccccc1Cl)C(=O)Cc1cc(C)ccc1C. The molecule has 0 unspecified atom stereocenters. The van der Waals surface area contributed by atoms with Gasteiger partial charge in [0.05, 0.1) is 6.42 Å². The molecule has 27 heavy (non-hydrogen) atoms. The number of carbonyl (C=O) groups is 2. The predicted molar refractivity (Wildman–Crippen MR) is 110 cm³/mol. The number of hydrogen-bond donors (Lipinski definition) is 1. The van der Waals surface area contributed by atoms with Gasteiger partial charge in [-0.3, -0.25) is 9.59 Å². The van der Waals surface area contributed by atoms with E-state index in [1.54, 1.807) is 17.9 Å². The van der Waals surface area contributed by atoms with Gasteiger partial charge in [0.2, 0.25) is 11.8 Å². The number of nitrogens with one attached hydrogen (secondary N) is 1. The first kappa shape index (κ1) is 21.0. The van der Waals surface area contributed by atoms with Crippen molar-refractivity contribution >= 4 is 23.4 Å². The molecule has 4 nitrogen and oxygen atoms in total. The highest BCUT2D eigenvalue weighted by Gasteiger charge is 2.26. The Morgan fingerprint density at radius 1 is 1.11 bits per heavy atom. The van der Waals surface area contributed by atoms with Gasteiger partial charge in [-0.25, -0.2) is 0 Å². The fourth-order valence-corrected chi connectivity index (χ4v) is 3.17. The molecule has 144 valence electrons. The van der Waals surface area contributed by atoms with Gasteiger partial charge in [-0.05, 0) is 50.5 Å². The lowest BCUT2D eigenvalue weighted by Gasteiger charge is -2.29. The van der Waals surface area contributed by atoms with E-state index in [9.17, 15) is 9.59 Å². The normalized spacial score (nSPS) is 11.7. The minimum atomic E-state index is -0.584. The van der Waals surface area contributed by atoms with Gasteiger partial charge < -0.3 is 10.2 Å². The van der Waals surface area contributed by atoms with E-state index < -0.39 is 6.04 Å². The van der Waals surface area contributed by atoms with Crippen molar-refractivity contribution in [1.82, 2.24) is 10.2 Å². The number of aryl methyl sites for hydroxylation is 2. The number of nitrogens with zero attached hydrogens (tertiary/aromatic N) is 1. The summed E-state index contributed by atoms with van der Waals surface area (Å²) in [4.78, 5) is 27.1. The maximum absolute atomic E-state index is 13.1. The Morgan fingerprint density at radius 2 is 1.81 bits per heavy atom. The average Bonchev–Trinajstić information content (AvgIpc) is 2.63. The highest BCUT2D eigenvalue weighted by atomic mass is 35.5. The monoisotopic (exact) mass is 386 g/mol. The smallest absolute Gasteiger partial charge is 0.242 e. The Balaban J connectivity index is 2.30. The van der Waals surface area contributed by atoms with Gasteiger partial charge in [-0.15, -0.1) is 0 Å². The highest BCUT2D eigenvalue weighted by molar-refractivity contribution is 6.31. The van der Waals surface area contributed by atoms with Crippen molar-refractivity contribution in [2.45, 2.75) is 46.7 Å². The summed E-state index contributed by atoms with van der Waals surface area (Å²) < 4.78 is 0. The number of likely N-dealkylation sites (N-methyl/N-ethyl adjacent to an activating group) is 1. The van der Waals surface area contributed by atoms with E-state index in [1.807, 2.05) is 57.2 Å². The van der Waals surface area contributed by atoms with Crippen LogP contribution in [0.4, 0.5) is 0 Å². The number of amides is 2. The zero-order valence-electron chi connectivity index (χ0n) is 16.4. The Hall–Kier alpha value is -2.33. The summed E-state index contributed by atoms with van der Waals surface area (Å²) in [5.74, 6) is -0.263. The molecule has 1 N–H and O–H groups in total. The fourth-order valence-electron chi connectivity index (χ4n) is 2.97. The summed E-state index contributed by atoms with van der Waals surface area (Å²) in [6.07, 6.45) is 0.252. The molecule has 0 fully saturated rings. The second-order valence-electron chi connectivity index (χ2n) is 6.79. The number of halogens is 1. The van der Waals surface area contributed by atoms with Gasteiger partial charge in [0, 0.05) is 18.1 Å². The van der Waals surface area contributed by atoms with Gasteiger partial charge in [-0.1, -0.05) is 53.6 Å². The van der Waals surface area contributed by atoms with Crippen LogP contribution in [0, 0.1) is 13.8 Å². The quantitative estimate of drug-likeness (QED) is 0.780. The molecule has 0 heterocycles. The van der Waals surface area contributed by atoms with Crippen LogP contribution in [0.1, 0.15) is 36.1 Å². The van der Waals surface area contributed by atoms with Crippen molar-refractivity contribution in [3.8, 4) is 0 Å². The van der Waals surface area contributed by atoms with Gasteiger partial charge in [0.1, 0.15) is 6.04 Å². The molecule has 0 saturated carbocycles. The molecular formula is C22H27ClN2O2. The van der Waals surface area contributed by atoms with E-state index in [2.05, 4.69) is 5.32 Å². The summed E-state index contributed by atoms with van der Waals surface area (Å²) in [6, 6.07) is 12.9. The maximum Gasteiger partial charge on any atom is 0.242 e. The third-order valence-corrected chi connectivity index (χ3v) is 5.03. The lowest BCUT2D eigenvalue weighted by Crippen LogP contribution is -2.48. The molecule has 0 spiro atoms. The zero-order valence-corrected chi connectivity index (χ0v) is 17.1. The number of rotatable bonds is 7. The van der Waals surface area contributed by atoms with Crippen LogP contribution in [-0.2, 0) is 22.6 Å². The molecule has 0 aliphatic rings. The fraction of sp³-hybridized carbons (Fsp3) is 0.364. The first-order valence-electron chi connectivity index (χ1n) is 9.20. The molecule has 0 aliphatic heterocycles. The van der Waals surface area contributed by atoms with Crippen LogP contribution >= 0.6 is 11.6 Å². The van der Waals surface area contributed by atoms with Crippen LogP contribution in [0.2, 0.25) is 5.02 Å². The molecule has 0 bridgehead atoms. The number of carbonyl (C=O) groups excluding carboxylic acids is 2. The van der Waals surface area contributed by atoms with Gasteiger partial charge in [0.15, 0.2) is 0 Å². The largest absolute Gasteiger partial charge is 0.355 e. The molecule has 2 aromatic carbocycles. The molecule has 0 aromatic heterocycles. The Labute approximate surface area is 166 Å². The molecule has 0 aliphatic carbocycles. The molecule has 0 radical (unpaired) electrons. The van der Waals surface area contributed by atoms with Crippen LogP contribution < -0.4 is 5.32 Å². The summed E-state index contributed by atoms with van der Waals surface area (Å²) in [5.41, 5.74) is 3.98. The maximum atomic E-state index is 13.1. The predicted octanol–water partition coefficient (Wildman–Crippen LogP) is 4.05. The number of hydrogen-bond acceptors (Lipinski definition) is 2. The van der Waals surface area contributed by atoms with E-state index in [0.717, 1.165) is 22.3 Å². The van der Waals surface area contributed by atoms with E-state index in [1.165, 1.54) is 0 Å². The number of benzene rings is 2. The van der Waals surface area contributed by atoms with E-state index in [4.69, 9.17) is 11.6 Å². The standard InChI is InChI=1S/C22H27ClN2O2/c1-5-24-22(27)17(4)25(14-18-8-6-7-9-20(18)23)21(26)13-19-12-15(2)10-11-16(19)3/h6-12,17H,5,13-14H2,1-4H3,(H,24,27)/t17-/m0/s1. The first-order valence-corrected chi connectivity index (χ1v) is 9.58. The van der Waals surface area contributed by atoms with Gasteiger partial charge >= 0.3 is 0 Å². The van der Waals surface area contributed by atoms with E-state index in [0.29, 0.717) is 18.1 Å². The topological polar surface area (TPSA) is 49.4 Å². The van der Waals surface area contributed by atoms with Crippen molar-refractivity contribution in [2.75, 3.05) is 6.54 Å². The van der Waals surface area contributed by atoms with Crippen molar-refractivity contribution < 1.29 is 9.59 Å². The molecular weight excluding hydrogens is 360 g/mol. The summed E-state index contributed by atoms with van der Waals surface area (Å²) in [5, 5.41) is 3.39. The molecule has 1 atom stereocenters. The molecule has 2 rings (SSSR count). The van der Waals surface area contributed by atoms with Gasteiger partial charge in [0.25, 0.3) is 0 Å². The third-order valence-electron chi connectivity index (χ3n) is 4.66. The van der Waals surface area contributed by atoms with E-state index in [-0.39, 0.29) is 18.2 Å². The Kier molecular flexibility index (Phi) is 7.43. The zero-order chi connectivity index (χ0) is 20.0. The van der Waals surface area contributed by atoms with Crippen LogP contribution in [-0.4, -0.2) is 29.3 Å². The average molecular weight is 387 g/mol. The third kappa shape index (κ3) is 5.57. The lowest BCUT2D eigenvalue weighted by atomic mass is 10.0. The van der Waals surface area contributed by atoms with Crippen LogP contribution in [0.15, 0.2) is 42.5 Å². The second-order valence-corrected chi connectivity index (χ2v) is 7.20. The van der Waals surface area contributed by atoms with Crippen molar-refractivity contribution in [3.63, 3.8) is 0 Å². The van der Waals surface area contributed by atoms with Crippen LogP contribution in [0.3, 0.4) is 0 Å². The Bertz CT molecular complexity index is 820. The summed E-state index contributed by atoms with van der Waals surface area (Å²) in [6.45, 7) is 8.43. The van der Waals surface area contributed by atoms with E-state index >= 15 is 0 Å². The van der Waals surface area contributed by atoms with Gasteiger partial charge in [-0.2, -0.15) is 0 Å². The lowest BCUT2D eigenvalue weighted by molar-refractivity contribution is -0.140. The molecule has 2 amide bonds. The highest BCUT2D eigenvalue weighted by Crippen LogP contribution is 2.20.